The zero-order valence-corrected chi connectivity index (χ0v) is 17.3. The van der Waals surface area contributed by atoms with Crippen molar-refractivity contribution in [2.75, 3.05) is 11.4 Å². The molecule has 0 fully saturated rings. The van der Waals surface area contributed by atoms with Crippen LogP contribution in [-0.2, 0) is 17.8 Å². The third-order valence-corrected chi connectivity index (χ3v) is 5.84. The minimum atomic E-state index is -0.740. The lowest BCUT2D eigenvalue weighted by Crippen LogP contribution is -2.33. The van der Waals surface area contributed by atoms with Crippen molar-refractivity contribution in [1.29, 1.82) is 0 Å². The van der Waals surface area contributed by atoms with E-state index < -0.39 is 11.6 Å². The number of aromatic nitrogens is 3. The summed E-state index contributed by atoms with van der Waals surface area (Å²) < 4.78 is 30.0. The number of hydrogen-bond acceptors (Lipinski definition) is 4. The molecular weight excluding hydrogens is 430 g/mol. The molecule has 4 rings (SSSR count). The van der Waals surface area contributed by atoms with Gasteiger partial charge in [-0.15, -0.1) is 0 Å². The molecule has 0 saturated carbocycles. The van der Waals surface area contributed by atoms with E-state index in [-0.39, 0.29) is 17.8 Å². The zero-order valence-electron chi connectivity index (χ0n) is 15.8. The molecule has 154 valence electrons. The topological polar surface area (TPSA) is 51.0 Å². The summed E-state index contributed by atoms with van der Waals surface area (Å²) in [6.07, 6.45) is 6.03. The molecule has 9 heteroatoms. The van der Waals surface area contributed by atoms with Crippen LogP contribution in [0.2, 0.25) is 5.02 Å². The van der Waals surface area contributed by atoms with Crippen molar-refractivity contribution in [3.05, 3.63) is 77.3 Å². The lowest BCUT2D eigenvalue weighted by molar-refractivity contribution is -0.118. The van der Waals surface area contributed by atoms with Crippen molar-refractivity contribution in [1.82, 2.24) is 14.5 Å². The van der Waals surface area contributed by atoms with Crippen LogP contribution in [-0.4, -0.2) is 27.0 Å². The number of hydrogen-bond donors (Lipinski definition) is 0. The predicted molar refractivity (Wildman–Crippen MR) is 114 cm³/mol. The minimum absolute atomic E-state index is 0.0651. The van der Waals surface area contributed by atoms with Crippen LogP contribution >= 0.6 is 22.9 Å². The molecular formula is C21H17ClF2N4OS. The van der Waals surface area contributed by atoms with E-state index in [1.165, 1.54) is 11.0 Å². The molecule has 0 N–H and O–H groups in total. The summed E-state index contributed by atoms with van der Waals surface area (Å²) in [6.45, 7) is 1.05. The fourth-order valence-electron chi connectivity index (χ4n) is 3.09. The average molecular weight is 447 g/mol. The Bertz CT molecular complexity index is 1160. The first kappa shape index (κ1) is 20.4. The van der Waals surface area contributed by atoms with Gasteiger partial charge in [-0.3, -0.25) is 9.69 Å². The van der Waals surface area contributed by atoms with Crippen LogP contribution in [0.3, 0.4) is 0 Å². The van der Waals surface area contributed by atoms with E-state index in [2.05, 4.69) is 9.97 Å². The normalized spacial score (nSPS) is 11.2. The first-order valence-electron chi connectivity index (χ1n) is 9.26. The number of amides is 1. The van der Waals surface area contributed by atoms with Crippen molar-refractivity contribution in [3.8, 4) is 0 Å². The second kappa shape index (κ2) is 8.89. The molecule has 0 atom stereocenters. The summed E-state index contributed by atoms with van der Waals surface area (Å²) in [4.78, 5) is 22.9. The molecule has 0 bridgehead atoms. The quantitative estimate of drug-likeness (QED) is 0.397. The third kappa shape index (κ3) is 4.66. The summed E-state index contributed by atoms with van der Waals surface area (Å²) in [6, 6.07) is 9.05. The van der Waals surface area contributed by atoms with Gasteiger partial charge in [0, 0.05) is 36.6 Å². The van der Waals surface area contributed by atoms with Crippen LogP contribution < -0.4 is 4.90 Å². The van der Waals surface area contributed by atoms with Crippen LogP contribution in [0.4, 0.5) is 13.9 Å². The number of aryl methyl sites for hydroxylation is 1. The first-order chi connectivity index (χ1) is 14.5. The Balaban J connectivity index is 1.59. The van der Waals surface area contributed by atoms with Gasteiger partial charge in [-0.2, -0.15) is 0 Å². The maximum absolute atomic E-state index is 14.1. The summed E-state index contributed by atoms with van der Waals surface area (Å²) in [5.74, 6) is -1.59. The Morgan fingerprint density at radius 1 is 1.20 bits per heavy atom. The second-order valence-electron chi connectivity index (χ2n) is 6.73. The summed E-state index contributed by atoms with van der Waals surface area (Å²) in [5, 5.41) is 0.936. The lowest BCUT2D eigenvalue weighted by Gasteiger charge is -2.20. The fraction of sp³-hybridized carbons (Fsp3) is 0.190. The van der Waals surface area contributed by atoms with Crippen LogP contribution in [0, 0.1) is 11.6 Å². The van der Waals surface area contributed by atoms with E-state index in [0.29, 0.717) is 34.4 Å². The van der Waals surface area contributed by atoms with E-state index in [1.807, 2.05) is 10.8 Å². The molecule has 0 aliphatic heterocycles. The maximum atomic E-state index is 14.1. The third-order valence-electron chi connectivity index (χ3n) is 4.56. The first-order valence-corrected chi connectivity index (χ1v) is 10.4. The zero-order chi connectivity index (χ0) is 21.1. The Kier molecular flexibility index (Phi) is 6.06. The van der Waals surface area contributed by atoms with E-state index >= 15 is 0 Å². The molecule has 5 nitrogen and oxygen atoms in total. The van der Waals surface area contributed by atoms with Gasteiger partial charge in [-0.05, 0) is 30.2 Å². The van der Waals surface area contributed by atoms with E-state index in [1.54, 1.807) is 36.8 Å². The number of thiazole rings is 1. The maximum Gasteiger partial charge on any atom is 0.233 e. The molecule has 0 radical (unpaired) electrons. The van der Waals surface area contributed by atoms with E-state index in [4.69, 9.17) is 11.6 Å². The standard InChI is InChI=1S/C21H17ClF2N4OS/c22-15-4-2-14(3-5-15)10-19(29)28(8-1-7-27-9-6-25-13-27)21-26-20-17(24)11-16(23)12-18(20)30-21/h2-6,9,11-13H,1,7-8,10H2. The van der Waals surface area contributed by atoms with Crippen molar-refractivity contribution >= 4 is 44.2 Å². The van der Waals surface area contributed by atoms with Gasteiger partial charge in [0.1, 0.15) is 11.3 Å². The number of fused-ring (bicyclic) bond motifs is 1. The fourth-order valence-corrected chi connectivity index (χ4v) is 4.26. The number of carbonyl (C=O) groups excluding carboxylic acids is 1. The SMILES string of the molecule is O=C(Cc1ccc(Cl)cc1)N(CCCn1ccnc1)c1nc2c(F)cc(F)cc2s1. The van der Waals surface area contributed by atoms with Gasteiger partial charge in [0.05, 0.1) is 17.4 Å². The van der Waals surface area contributed by atoms with Crippen LogP contribution in [0.15, 0.2) is 55.1 Å². The number of carbonyl (C=O) groups is 1. The Morgan fingerprint density at radius 3 is 2.73 bits per heavy atom. The Hall–Kier alpha value is -2.84. The largest absolute Gasteiger partial charge is 0.337 e. The minimum Gasteiger partial charge on any atom is -0.337 e. The van der Waals surface area contributed by atoms with Gasteiger partial charge in [-0.1, -0.05) is 35.1 Å². The van der Waals surface area contributed by atoms with Crippen molar-refractivity contribution in [2.24, 2.45) is 0 Å². The highest BCUT2D eigenvalue weighted by Gasteiger charge is 2.21. The molecule has 2 heterocycles. The summed E-state index contributed by atoms with van der Waals surface area (Å²) >= 11 is 7.02. The molecule has 0 unspecified atom stereocenters. The number of imidazole rings is 1. The van der Waals surface area contributed by atoms with Crippen molar-refractivity contribution < 1.29 is 13.6 Å². The van der Waals surface area contributed by atoms with E-state index in [9.17, 15) is 13.6 Å². The molecule has 2 aromatic heterocycles. The molecule has 2 aromatic carbocycles. The predicted octanol–water partition coefficient (Wildman–Crippen LogP) is 5.09. The molecule has 1 amide bonds. The number of anilines is 1. The molecule has 0 aliphatic rings. The molecule has 30 heavy (non-hydrogen) atoms. The number of nitrogens with zero attached hydrogens (tertiary/aromatic N) is 4. The molecule has 0 saturated heterocycles. The van der Waals surface area contributed by atoms with Crippen LogP contribution in [0.1, 0.15) is 12.0 Å². The van der Waals surface area contributed by atoms with Crippen LogP contribution in [0.25, 0.3) is 10.2 Å². The highest BCUT2D eigenvalue weighted by molar-refractivity contribution is 7.22. The number of rotatable bonds is 7. The van der Waals surface area contributed by atoms with E-state index in [0.717, 1.165) is 23.0 Å². The molecule has 0 aliphatic carbocycles. The second-order valence-corrected chi connectivity index (χ2v) is 8.18. The summed E-state index contributed by atoms with van der Waals surface area (Å²) in [5.41, 5.74) is 0.873. The number of halogens is 3. The van der Waals surface area contributed by atoms with Gasteiger partial charge in [0.25, 0.3) is 0 Å². The highest BCUT2D eigenvalue weighted by Crippen LogP contribution is 2.31. The monoisotopic (exact) mass is 446 g/mol. The van der Waals surface area contributed by atoms with Crippen LogP contribution in [0.5, 0.6) is 0 Å². The van der Waals surface area contributed by atoms with Crippen molar-refractivity contribution in [2.45, 2.75) is 19.4 Å². The average Bonchev–Trinajstić information content (AvgIpc) is 3.36. The summed E-state index contributed by atoms with van der Waals surface area (Å²) in [7, 11) is 0. The van der Waals surface area contributed by atoms with Gasteiger partial charge >= 0.3 is 0 Å². The smallest absolute Gasteiger partial charge is 0.233 e. The highest BCUT2D eigenvalue weighted by atomic mass is 35.5. The van der Waals surface area contributed by atoms with Gasteiger partial charge in [0.2, 0.25) is 5.91 Å². The van der Waals surface area contributed by atoms with Gasteiger partial charge in [-0.25, -0.2) is 18.7 Å². The molecule has 4 aromatic rings. The van der Waals surface area contributed by atoms with Gasteiger partial charge < -0.3 is 4.57 Å². The van der Waals surface area contributed by atoms with Gasteiger partial charge in [0.15, 0.2) is 10.9 Å². The lowest BCUT2D eigenvalue weighted by atomic mass is 10.1. The molecule has 0 spiro atoms. The Labute approximate surface area is 180 Å². The Morgan fingerprint density at radius 2 is 2.00 bits per heavy atom. The van der Waals surface area contributed by atoms with Crippen molar-refractivity contribution in [3.63, 3.8) is 0 Å². The number of benzene rings is 2.